The van der Waals surface area contributed by atoms with Gasteiger partial charge in [-0.15, -0.1) is 10.2 Å². The van der Waals surface area contributed by atoms with Crippen LogP contribution in [0.25, 0.3) is 76.1 Å². The van der Waals surface area contributed by atoms with E-state index in [4.69, 9.17) is 15.2 Å². The molecular weight excluding hydrogens is 621 g/mol. The molecule has 0 bridgehead atoms. The molecule has 0 amide bonds. The largest absolute Gasteiger partial charge is 0.309 e. The maximum Gasteiger partial charge on any atom is 0.150 e. The van der Waals surface area contributed by atoms with Crippen LogP contribution in [0.4, 0.5) is 0 Å². The van der Waals surface area contributed by atoms with E-state index < -0.39 is 0 Å². The van der Waals surface area contributed by atoms with Gasteiger partial charge >= 0.3 is 0 Å². The third-order valence-electron chi connectivity index (χ3n) is 9.45. The molecule has 10 rings (SSSR count). The van der Waals surface area contributed by atoms with Crippen molar-refractivity contribution >= 4 is 66.5 Å². The van der Waals surface area contributed by atoms with Crippen molar-refractivity contribution in [1.82, 2.24) is 24.3 Å². The molecule has 0 atom stereocenters. The standard InChI is InChI=1S/C42H28N6S/c1-2-12-29(13-3-1)47-36-19-6-4-14-30(36)32-16-8-17-33(40(32)47)42-46-45-41(49-42)27-22-23-38-34(25-27)31-15-5-7-20-37(31)48(38)39-21-9-18-35(44-39)28-11-10-24-43-26-28/h1-8,10-20,22-26H,9,21H2. The molecule has 49 heavy (non-hydrogen) atoms. The molecule has 9 aromatic rings. The Morgan fingerprint density at radius 2 is 1.31 bits per heavy atom. The number of benzene rings is 5. The van der Waals surface area contributed by atoms with Crippen LogP contribution in [0.3, 0.4) is 0 Å². The summed E-state index contributed by atoms with van der Waals surface area (Å²) in [4.78, 5) is 9.48. The van der Waals surface area contributed by atoms with Crippen LogP contribution in [-0.4, -0.2) is 30.2 Å². The molecule has 5 aromatic carbocycles. The van der Waals surface area contributed by atoms with Crippen LogP contribution in [0, 0.1) is 0 Å². The lowest BCUT2D eigenvalue weighted by atomic mass is 10.1. The summed E-state index contributed by atoms with van der Waals surface area (Å²) in [6.45, 7) is 0. The van der Waals surface area contributed by atoms with Crippen molar-refractivity contribution < 1.29 is 0 Å². The van der Waals surface area contributed by atoms with Gasteiger partial charge < -0.3 is 4.57 Å². The van der Waals surface area contributed by atoms with Crippen LogP contribution in [0.1, 0.15) is 18.4 Å². The molecule has 1 aliphatic heterocycles. The summed E-state index contributed by atoms with van der Waals surface area (Å²) >= 11 is 1.63. The van der Waals surface area contributed by atoms with E-state index in [0.717, 1.165) is 73.3 Å². The van der Waals surface area contributed by atoms with Gasteiger partial charge in [0, 0.05) is 62.7 Å². The third kappa shape index (κ3) is 4.47. The van der Waals surface area contributed by atoms with Crippen molar-refractivity contribution in [2.75, 3.05) is 0 Å². The quantitative estimate of drug-likeness (QED) is 0.191. The van der Waals surface area contributed by atoms with Gasteiger partial charge in [0.15, 0.2) is 0 Å². The number of aliphatic imine (C=N–C) groups is 1. The second-order valence-corrected chi connectivity index (χ2v) is 13.3. The minimum absolute atomic E-state index is 0.865. The Bertz CT molecular complexity index is 2770. The number of nitrogens with zero attached hydrogens (tertiary/aromatic N) is 6. The fourth-order valence-corrected chi connectivity index (χ4v) is 8.17. The van der Waals surface area contributed by atoms with Crippen molar-refractivity contribution in [3.8, 4) is 26.8 Å². The number of fused-ring (bicyclic) bond motifs is 6. The van der Waals surface area contributed by atoms with Crippen molar-refractivity contribution in [2.24, 2.45) is 4.99 Å². The molecular formula is C42H28N6S. The number of allylic oxidation sites excluding steroid dienone is 1. The molecule has 0 aliphatic carbocycles. The van der Waals surface area contributed by atoms with Gasteiger partial charge in [0.25, 0.3) is 0 Å². The van der Waals surface area contributed by atoms with Crippen LogP contribution >= 0.6 is 11.3 Å². The number of rotatable bonds is 4. The minimum atomic E-state index is 0.865. The van der Waals surface area contributed by atoms with E-state index in [9.17, 15) is 0 Å². The number of pyridine rings is 1. The highest BCUT2D eigenvalue weighted by atomic mass is 32.1. The van der Waals surface area contributed by atoms with Crippen molar-refractivity contribution in [2.45, 2.75) is 12.8 Å². The molecule has 7 heteroatoms. The maximum absolute atomic E-state index is 5.16. The SMILES string of the molecule is C1=C(c2cccnc2)N=C(n2c3ccccc3c3cc(-c4nnc(-c5cccc6c7ccccc7n(-c7ccccc7)c56)s4)ccc32)CC1. The van der Waals surface area contributed by atoms with Crippen molar-refractivity contribution in [1.29, 1.82) is 0 Å². The van der Waals surface area contributed by atoms with Gasteiger partial charge in [-0.3, -0.25) is 9.55 Å². The van der Waals surface area contributed by atoms with Gasteiger partial charge in [-0.05, 0) is 67.1 Å². The topological polar surface area (TPSA) is 60.9 Å². The summed E-state index contributed by atoms with van der Waals surface area (Å²) in [5, 5.41) is 16.2. The first-order valence-electron chi connectivity index (χ1n) is 16.5. The van der Waals surface area contributed by atoms with E-state index in [2.05, 4.69) is 142 Å². The van der Waals surface area contributed by atoms with Crippen LogP contribution in [0.15, 0.2) is 151 Å². The molecule has 0 fully saturated rings. The molecule has 0 unspecified atom stereocenters. The summed E-state index contributed by atoms with van der Waals surface area (Å²) < 4.78 is 4.68. The zero-order valence-electron chi connectivity index (χ0n) is 26.4. The highest BCUT2D eigenvalue weighted by molar-refractivity contribution is 7.18. The molecule has 6 nitrogen and oxygen atoms in total. The zero-order chi connectivity index (χ0) is 32.3. The Labute approximate surface area is 286 Å². The molecule has 1 aliphatic rings. The average molecular weight is 649 g/mol. The second-order valence-electron chi connectivity index (χ2n) is 12.3. The second kappa shape index (κ2) is 11.2. The van der Waals surface area contributed by atoms with E-state index in [1.807, 2.05) is 12.3 Å². The number of hydrogen-bond donors (Lipinski definition) is 0. The fraction of sp³-hybridized carbons (Fsp3) is 0.0476. The van der Waals surface area contributed by atoms with E-state index >= 15 is 0 Å². The molecule has 0 saturated heterocycles. The lowest BCUT2D eigenvalue weighted by Crippen LogP contribution is -2.14. The highest BCUT2D eigenvalue weighted by Crippen LogP contribution is 2.41. The predicted molar refractivity (Wildman–Crippen MR) is 202 cm³/mol. The van der Waals surface area contributed by atoms with E-state index in [-0.39, 0.29) is 0 Å². The highest BCUT2D eigenvalue weighted by Gasteiger charge is 2.21. The maximum atomic E-state index is 5.16. The van der Waals surface area contributed by atoms with Crippen LogP contribution < -0.4 is 0 Å². The summed E-state index contributed by atoms with van der Waals surface area (Å²) in [7, 11) is 0. The molecule has 0 radical (unpaired) electrons. The Kier molecular flexibility index (Phi) is 6.38. The molecule has 0 saturated carbocycles. The first-order valence-corrected chi connectivity index (χ1v) is 17.3. The lowest BCUT2D eigenvalue weighted by Gasteiger charge is -2.16. The first-order chi connectivity index (χ1) is 24.3. The summed E-state index contributed by atoms with van der Waals surface area (Å²) in [6, 6.07) is 45.0. The van der Waals surface area contributed by atoms with E-state index in [1.165, 1.54) is 27.1 Å². The van der Waals surface area contributed by atoms with Gasteiger partial charge in [0.2, 0.25) is 0 Å². The van der Waals surface area contributed by atoms with Crippen LogP contribution in [0.5, 0.6) is 0 Å². The fourth-order valence-electron chi connectivity index (χ4n) is 7.31. The molecule has 4 aromatic heterocycles. The van der Waals surface area contributed by atoms with Gasteiger partial charge in [0.1, 0.15) is 15.9 Å². The molecule has 0 spiro atoms. The van der Waals surface area contributed by atoms with Crippen molar-refractivity contribution in [3.63, 3.8) is 0 Å². The van der Waals surface area contributed by atoms with Gasteiger partial charge in [-0.1, -0.05) is 84.1 Å². The van der Waals surface area contributed by atoms with Crippen molar-refractivity contribution in [3.05, 3.63) is 151 Å². The molecule has 0 N–H and O–H groups in total. The zero-order valence-corrected chi connectivity index (χ0v) is 27.2. The lowest BCUT2D eigenvalue weighted by molar-refractivity contribution is 1.01. The average Bonchev–Trinajstić information content (AvgIpc) is 3.89. The Morgan fingerprint density at radius 1 is 0.571 bits per heavy atom. The van der Waals surface area contributed by atoms with Gasteiger partial charge in [-0.25, -0.2) is 4.99 Å². The van der Waals surface area contributed by atoms with Gasteiger partial charge in [0.05, 0.1) is 27.8 Å². The van der Waals surface area contributed by atoms with Crippen LogP contribution in [-0.2, 0) is 0 Å². The van der Waals surface area contributed by atoms with E-state index in [1.54, 1.807) is 17.5 Å². The van der Waals surface area contributed by atoms with Gasteiger partial charge in [-0.2, -0.15) is 0 Å². The Morgan fingerprint density at radius 3 is 2.14 bits per heavy atom. The third-order valence-corrected chi connectivity index (χ3v) is 10.5. The number of hydrogen-bond acceptors (Lipinski definition) is 5. The molecule has 5 heterocycles. The summed E-state index contributed by atoms with van der Waals surface area (Å²) in [6.07, 6.45) is 7.69. The van der Waals surface area contributed by atoms with E-state index in [0.29, 0.717) is 0 Å². The summed E-state index contributed by atoms with van der Waals surface area (Å²) in [5.41, 5.74) is 9.87. The Balaban J connectivity index is 1.11. The first kappa shape index (κ1) is 27.9. The molecule has 232 valence electrons. The number of para-hydroxylation sites is 4. The smallest absolute Gasteiger partial charge is 0.150 e. The summed E-state index contributed by atoms with van der Waals surface area (Å²) in [5.74, 6) is 1.04. The Hall–Kier alpha value is -6.18. The normalized spacial score (nSPS) is 13.4. The monoisotopic (exact) mass is 648 g/mol. The number of aromatic nitrogens is 5. The minimum Gasteiger partial charge on any atom is -0.309 e. The predicted octanol–water partition coefficient (Wildman–Crippen LogP) is 10.6. The van der Waals surface area contributed by atoms with Crippen LogP contribution in [0.2, 0.25) is 0 Å².